The second kappa shape index (κ2) is 9.12. The van der Waals surface area contributed by atoms with Crippen molar-refractivity contribution in [1.29, 1.82) is 0 Å². The van der Waals surface area contributed by atoms with E-state index in [0.717, 1.165) is 9.13 Å². The summed E-state index contributed by atoms with van der Waals surface area (Å²) in [4.78, 5) is 49.8. The average Bonchev–Trinajstić information content (AvgIpc) is 2.75. The number of allylic oxidation sites excluding steroid dienone is 2. The normalized spacial score (nSPS) is 14.7. The number of amides is 1. The molecule has 158 valence electrons. The fourth-order valence-corrected chi connectivity index (χ4v) is 2.98. The molecule has 10 heteroatoms. The third-order valence-corrected chi connectivity index (χ3v) is 4.40. The molecule has 0 aliphatic carbocycles. The molecular weight excluding hydrogens is 392 g/mol. The maximum atomic E-state index is 12.6. The van der Waals surface area contributed by atoms with Gasteiger partial charge < -0.3 is 14.8 Å². The van der Waals surface area contributed by atoms with Crippen molar-refractivity contribution < 1.29 is 14.3 Å². The van der Waals surface area contributed by atoms with Crippen molar-refractivity contribution in [1.82, 2.24) is 19.0 Å². The molecule has 0 saturated heterocycles. The van der Waals surface area contributed by atoms with Crippen molar-refractivity contribution in [2.45, 2.75) is 25.7 Å². The monoisotopic (exact) mass is 414 g/mol. The molecule has 3 rings (SSSR count). The number of nitrogens with one attached hydrogen (secondary N) is 1. The van der Waals surface area contributed by atoms with Crippen LogP contribution in [-0.4, -0.2) is 38.9 Å². The number of ether oxygens (including phenoxy) is 2. The minimum atomic E-state index is -0.883. The van der Waals surface area contributed by atoms with Crippen LogP contribution in [-0.2, 0) is 24.4 Å². The third-order valence-electron chi connectivity index (χ3n) is 4.40. The highest BCUT2D eigenvalue weighted by atomic mass is 16.6. The fraction of sp³-hybridized carbons (Fsp3) is 0.300. The van der Waals surface area contributed by atoms with Crippen LogP contribution >= 0.6 is 0 Å². The molecule has 0 unspecified atom stereocenters. The standard InChI is InChI=1S/C20H22N4O6/c1-3-9-22-18(26)23(10-4-2)20(28)24(19(22)27)12-17(25)21-11-14-13-29-15-7-5-6-8-16(15)30-14/h3-8,14H,1-2,9-13H2,(H,21,25)/t14-/m0/s1. The number of nitrogens with zero attached hydrogens (tertiary/aromatic N) is 3. The number of hydrogen-bond donors (Lipinski definition) is 1. The van der Waals surface area contributed by atoms with E-state index in [9.17, 15) is 19.2 Å². The second-order valence-electron chi connectivity index (χ2n) is 6.53. The summed E-state index contributed by atoms with van der Waals surface area (Å²) >= 11 is 0. The van der Waals surface area contributed by atoms with Gasteiger partial charge in [0.15, 0.2) is 11.5 Å². The zero-order valence-corrected chi connectivity index (χ0v) is 16.3. The number of carbonyl (C=O) groups excluding carboxylic acids is 1. The number of hydrogen-bond acceptors (Lipinski definition) is 6. The first-order valence-electron chi connectivity index (χ1n) is 9.27. The molecule has 30 heavy (non-hydrogen) atoms. The summed E-state index contributed by atoms with van der Waals surface area (Å²) in [5.74, 6) is 0.618. The predicted octanol–water partition coefficient (Wildman–Crippen LogP) is -0.500. The van der Waals surface area contributed by atoms with Crippen LogP contribution in [0.2, 0.25) is 0 Å². The van der Waals surface area contributed by atoms with Crippen molar-refractivity contribution >= 4 is 5.91 Å². The highest BCUT2D eigenvalue weighted by molar-refractivity contribution is 5.75. The lowest BCUT2D eigenvalue weighted by Gasteiger charge is -2.26. The fourth-order valence-electron chi connectivity index (χ4n) is 2.98. The Bertz CT molecular complexity index is 1090. The summed E-state index contributed by atoms with van der Waals surface area (Å²) in [6, 6.07) is 7.17. The zero-order valence-electron chi connectivity index (χ0n) is 16.3. The van der Waals surface area contributed by atoms with Gasteiger partial charge in [-0.15, -0.1) is 13.2 Å². The van der Waals surface area contributed by atoms with Gasteiger partial charge in [0, 0.05) is 0 Å². The van der Waals surface area contributed by atoms with E-state index in [2.05, 4.69) is 18.5 Å². The first-order chi connectivity index (χ1) is 14.5. The van der Waals surface area contributed by atoms with Gasteiger partial charge in [-0.1, -0.05) is 24.3 Å². The second-order valence-corrected chi connectivity index (χ2v) is 6.53. The number of aromatic nitrogens is 3. The molecule has 1 atom stereocenters. The number of rotatable bonds is 8. The van der Waals surface area contributed by atoms with Gasteiger partial charge in [0.05, 0.1) is 19.6 Å². The lowest BCUT2D eigenvalue weighted by Crippen LogP contribution is -2.55. The van der Waals surface area contributed by atoms with Crippen LogP contribution in [0.3, 0.4) is 0 Å². The van der Waals surface area contributed by atoms with E-state index in [1.807, 2.05) is 12.1 Å². The predicted molar refractivity (Wildman–Crippen MR) is 109 cm³/mol. The Kier molecular flexibility index (Phi) is 6.35. The van der Waals surface area contributed by atoms with E-state index in [-0.39, 0.29) is 26.2 Å². The lowest BCUT2D eigenvalue weighted by atomic mass is 10.2. The summed E-state index contributed by atoms with van der Waals surface area (Å²) in [5, 5.41) is 2.62. The molecule has 1 aliphatic heterocycles. The molecule has 1 aliphatic rings. The Labute approximate surface area is 171 Å². The highest BCUT2D eigenvalue weighted by Crippen LogP contribution is 2.30. The Morgan fingerprint density at radius 1 is 1.00 bits per heavy atom. The highest BCUT2D eigenvalue weighted by Gasteiger charge is 2.22. The molecule has 0 fully saturated rings. The van der Waals surface area contributed by atoms with Crippen LogP contribution in [0.1, 0.15) is 0 Å². The van der Waals surface area contributed by atoms with Crippen molar-refractivity contribution in [2.75, 3.05) is 13.2 Å². The largest absolute Gasteiger partial charge is 0.486 e. The summed E-state index contributed by atoms with van der Waals surface area (Å²) in [7, 11) is 0. The number of fused-ring (bicyclic) bond motifs is 1. The lowest BCUT2D eigenvalue weighted by molar-refractivity contribution is -0.122. The number of benzene rings is 1. The van der Waals surface area contributed by atoms with E-state index in [1.165, 1.54) is 12.2 Å². The van der Waals surface area contributed by atoms with Gasteiger partial charge in [0.2, 0.25) is 5.91 Å². The minimum absolute atomic E-state index is 0.0939. The van der Waals surface area contributed by atoms with Crippen molar-refractivity contribution in [3.8, 4) is 11.5 Å². The Balaban J connectivity index is 1.74. The van der Waals surface area contributed by atoms with Crippen LogP contribution in [0, 0.1) is 0 Å². The number of carbonyl (C=O) groups is 1. The molecule has 0 saturated carbocycles. The Morgan fingerprint density at radius 2 is 1.57 bits per heavy atom. The van der Waals surface area contributed by atoms with Crippen LogP contribution in [0.15, 0.2) is 64.0 Å². The molecule has 0 radical (unpaired) electrons. The molecule has 1 aromatic heterocycles. The molecule has 1 aromatic carbocycles. The summed E-state index contributed by atoms with van der Waals surface area (Å²) < 4.78 is 13.7. The number of para-hydroxylation sites is 2. The van der Waals surface area contributed by atoms with Gasteiger partial charge in [-0.3, -0.25) is 4.79 Å². The van der Waals surface area contributed by atoms with E-state index in [1.54, 1.807) is 12.1 Å². The van der Waals surface area contributed by atoms with Gasteiger partial charge in [0.25, 0.3) is 0 Å². The van der Waals surface area contributed by atoms with Gasteiger partial charge in [0.1, 0.15) is 19.3 Å². The minimum Gasteiger partial charge on any atom is -0.486 e. The SMILES string of the molecule is C=CCn1c(=O)n(CC=C)c(=O)n(CC(=O)NC[C@H]2COc3ccccc3O2)c1=O. The van der Waals surface area contributed by atoms with Gasteiger partial charge >= 0.3 is 17.1 Å². The summed E-state index contributed by atoms with van der Waals surface area (Å²) in [6.07, 6.45) is 2.29. The maximum absolute atomic E-state index is 12.6. The van der Waals surface area contributed by atoms with Crippen molar-refractivity contribution in [3.05, 3.63) is 81.0 Å². The van der Waals surface area contributed by atoms with Crippen LogP contribution < -0.4 is 31.9 Å². The Hall–Kier alpha value is -3.82. The summed E-state index contributed by atoms with van der Waals surface area (Å²) in [6.45, 7) is 6.64. The first-order valence-corrected chi connectivity index (χ1v) is 9.27. The van der Waals surface area contributed by atoms with Gasteiger partial charge in [-0.05, 0) is 12.1 Å². The average molecular weight is 414 g/mol. The molecule has 1 amide bonds. The molecule has 2 heterocycles. The van der Waals surface area contributed by atoms with E-state index in [4.69, 9.17) is 9.47 Å². The van der Waals surface area contributed by atoms with E-state index >= 15 is 0 Å². The van der Waals surface area contributed by atoms with Crippen molar-refractivity contribution in [2.24, 2.45) is 0 Å². The topological polar surface area (TPSA) is 114 Å². The first kappa shape index (κ1) is 20.9. The van der Waals surface area contributed by atoms with Gasteiger partial charge in [-0.2, -0.15) is 0 Å². The van der Waals surface area contributed by atoms with Crippen LogP contribution in [0.4, 0.5) is 0 Å². The maximum Gasteiger partial charge on any atom is 0.337 e. The molecule has 10 nitrogen and oxygen atoms in total. The van der Waals surface area contributed by atoms with E-state index in [0.29, 0.717) is 16.1 Å². The molecule has 1 N–H and O–H groups in total. The van der Waals surface area contributed by atoms with Crippen LogP contribution in [0.25, 0.3) is 0 Å². The molecule has 0 bridgehead atoms. The third kappa shape index (κ3) is 4.27. The quantitative estimate of drug-likeness (QED) is 0.583. The van der Waals surface area contributed by atoms with E-state index < -0.39 is 35.6 Å². The van der Waals surface area contributed by atoms with Crippen molar-refractivity contribution in [3.63, 3.8) is 0 Å². The Morgan fingerprint density at radius 3 is 2.17 bits per heavy atom. The molecular formula is C20H22N4O6. The molecule has 0 spiro atoms. The van der Waals surface area contributed by atoms with Crippen LogP contribution in [0.5, 0.6) is 11.5 Å². The smallest absolute Gasteiger partial charge is 0.337 e. The zero-order chi connectivity index (χ0) is 21.7. The molecule has 2 aromatic rings. The van der Waals surface area contributed by atoms with Gasteiger partial charge in [-0.25, -0.2) is 28.1 Å². The summed E-state index contributed by atoms with van der Waals surface area (Å²) in [5.41, 5.74) is -2.55.